The van der Waals surface area contributed by atoms with Crippen LogP contribution < -0.4 is 10.9 Å². The van der Waals surface area contributed by atoms with Crippen LogP contribution in [0.4, 0.5) is 0 Å². The molecule has 32 heavy (non-hydrogen) atoms. The number of nitrogens with zero attached hydrogens (tertiary/aromatic N) is 2. The second kappa shape index (κ2) is 10.1. The fourth-order valence-electron chi connectivity index (χ4n) is 4.46. The first-order chi connectivity index (χ1) is 15.6. The normalized spacial score (nSPS) is 15.7. The Morgan fingerprint density at radius 1 is 1.19 bits per heavy atom. The van der Waals surface area contributed by atoms with E-state index < -0.39 is 0 Å². The molecule has 0 unspecified atom stereocenters. The SMILES string of the molecule is COCC(=O)N1CCc2c(cn(CCc3ccccc3)c(=O)c2C(=O)NCC2CCC2)C1. The van der Waals surface area contributed by atoms with Crippen molar-refractivity contribution in [3.8, 4) is 0 Å². The van der Waals surface area contributed by atoms with Gasteiger partial charge in [-0.3, -0.25) is 14.4 Å². The number of methoxy groups -OCH3 is 1. The molecule has 0 radical (unpaired) electrons. The standard InChI is InChI=1S/C25H31N3O4/c1-32-17-22(29)27-13-11-21-20(15-27)16-28(12-10-18-6-3-2-4-7-18)25(31)23(21)24(30)26-14-19-8-5-9-19/h2-4,6-7,16,19H,5,8-15,17H2,1H3,(H,26,30). The van der Waals surface area contributed by atoms with E-state index in [4.69, 9.17) is 4.74 Å². The van der Waals surface area contributed by atoms with Crippen molar-refractivity contribution in [2.45, 2.75) is 45.2 Å². The number of hydrogen-bond acceptors (Lipinski definition) is 4. The van der Waals surface area contributed by atoms with Crippen LogP contribution in [0.3, 0.4) is 0 Å². The quantitative estimate of drug-likeness (QED) is 0.686. The summed E-state index contributed by atoms with van der Waals surface area (Å²) in [5.74, 6) is 0.140. The lowest BCUT2D eigenvalue weighted by Gasteiger charge is -2.31. The largest absolute Gasteiger partial charge is 0.375 e. The number of hydrogen-bond donors (Lipinski definition) is 1. The Hall–Kier alpha value is -2.93. The minimum atomic E-state index is -0.288. The Morgan fingerprint density at radius 2 is 1.97 bits per heavy atom. The van der Waals surface area contributed by atoms with Gasteiger partial charge in [0.2, 0.25) is 5.91 Å². The van der Waals surface area contributed by atoms with Gasteiger partial charge in [0.15, 0.2) is 0 Å². The van der Waals surface area contributed by atoms with Gasteiger partial charge in [-0.15, -0.1) is 0 Å². The first-order valence-corrected chi connectivity index (χ1v) is 11.4. The number of carbonyl (C=O) groups is 2. The molecule has 4 rings (SSSR count). The summed E-state index contributed by atoms with van der Waals surface area (Å²) in [4.78, 5) is 40.5. The summed E-state index contributed by atoms with van der Waals surface area (Å²) in [6.45, 7) is 1.98. The van der Waals surface area contributed by atoms with Crippen LogP contribution in [0.25, 0.3) is 0 Å². The topological polar surface area (TPSA) is 80.6 Å². The zero-order chi connectivity index (χ0) is 22.5. The summed E-state index contributed by atoms with van der Waals surface area (Å²) in [7, 11) is 1.50. The van der Waals surface area contributed by atoms with Gasteiger partial charge in [-0.1, -0.05) is 36.8 Å². The van der Waals surface area contributed by atoms with Crippen molar-refractivity contribution in [3.05, 3.63) is 69.1 Å². The highest BCUT2D eigenvalue weighted by Crippen LogP contribution is 2.26. The number of rotatable bonds is 8. The van der Waals surface area contributed by atoms with Crippen molar-refractivity contribution in [2.24, 2.45) is 5.92 Å². The van der Waals surface area contributed by atoms with Gasteiger partial charge in [-0.25, -0.2) is 0 Å². The average Bonchev–Trinajstić information content (AvgIpc) is 2.77. The summed E-state index contributed by atoms with van der Waals surface area (Å²) in [6, 6.07) is 9.97. The molecule has 0 atom stereocenters. The predicted molar refractivity (Wildman–Crippen MR) is 122 cm³/mol. The van der Waals surface area contributed by atoms with E-state index in [1.807, 2.05) is 36.5 Å². The van der Waals surface area contributed by atoms with Gasteiger partial charge in [-0.2, -0.15) is 0 Å². The first kappa shape index (κ1) is 22.3. The molecule has 1 saturated carbocycles. The molecule has 0 saturated heterocycles. The minimum Gasteiger partial charge on any atom is -0.375 e. The number of carbonyl (C=O) groups excluding carboxylic acids is 2. The van der Waals surface area contributed by atoms with E-state index in [1.54, 1.807) is 9.47 Å². The Labute approximate surface area is 188 Å². The molecule has 7 heteroatoms. The van der Waals surface area contributed by atoms with Crippen molar-refractivity contribution in [1.29, 1.82) is 0 Å². The number of nitrogens with one attached hydrogen (secondary N) is 1. The molecule has 1 N–H and O–H groups in total. The molecule has 1 fully saturated rings. The summed E-state index contributed by atoms with van der Waals surface area (Å²) in [5.41, 5.74) is 2.77. The lowest BCUT2D eigenvalue weighted by Crippen LogP contribution is -2.43. The molecule has 0 bridgehead atoms. The number of aromatic nitrogens is 1. The Bertz CT molecular complexity index is 1030. The number of fused-ring (bicyclic) bond motifs is 1. The van der Waals surface area contributed by atoms with Crippen molar-refractivity contribution >= 4 is 11.8 Å². The Balaban J connectivity index is 1.62. The van der Waals surface area contributed by atoms with Crippen LogP contribution in [0.15, 0.2) is 41.3 Å². The number of benzene rings is 1. The average molecular weight is 438 g/mol. The smallest absolute Gasteiger partial charge is 0.263 e. The van der Waals surface area contributed by atoms with Gasteiger partial charge in [0.25, 0.3) is 11.5 Å². The van der Waals surface area contributed by atoms with Crippen LogP contribution in [0, 0.1) is 5.92 Å². The zero-order valence-electron chi connectivity index (χ0n) is 18.6. The van der Waals surface area contributed by atoms with Crippen LogP contribution in [0.1, 0.15) is 46.3 Å². The highest BCUT2D eigenvalue weighted by molar-refractivity contribution is 5.95. The molecule has 2 heterocycles. The van der Waals surface area contributed by atoms with Gasteiger partial charge in [0.1, 0.15) is 12.2 Å². The van der Waals surface area contributed by atoms with Crippen molar-refractivity contribution < 1.29 is 14.3 Å². The van der Waals surface area contributed by atoms with Gasteiger partial charge >= 0.3 is 0 Å². The number of ether oxygens (including phenoxy) is 1. The summed E-state index contributed by atoms with van der Waals surface area (Å²) in [5, 5.41) is 2.99. The monoisotopic (exact) mass is 437 g/mol. The van der Waals surface area contributed by atoms with Crippen molar-refractivity contribution in [1.82, 2.24) is 14.8 Å². The molecule has 2 aromatic rings. The molecule has 1 aromatic carbocycles. The molecular weight excluding hydrogens is 406 g/mol. The van der Waals surface area contributed by atoms with Gasteiger partial charge in [0.05, 0.1) is 0 Å². The fraction of sp³-hybridized carbons (Fsp3) is 0.480. The summed E-state index contributed by atoms with van der Waals surface area (Å²) >= 11 is 0. The number of amides is 2. The van der Waals surface area contributed by atoms with Crippen LogP contribution in [-0.2, 0) is 35.5 Å². The zero-order valence-corrected chi connectivity index (χ0v) is 18.6. The van der Waals surface area contributed by atoms with E-state index in [0.717, 1.165) is 29.5 Å². The second-order valence-corrected chi connectivity index (χ2v) is 8.75. The van der Waals surface area contributed by atoms with Gasteiger partial charge < -0.3 is 19.5 Å². The lowest BCUT2D eigenvalue weighted by molar-refractivity contribution is -0.136. The maximum absolute atomic E-state index is 13.4. The lowest BCUT2D eigenvalue weighted by atomic mass is 9.85. The van der Waals surface area contributed by atoms with Crippen LogP contribution in [0.2, 0.25) is 0 Å². The number of aryl methyl sites for hydroxylation is 2. The molecule has 2 aliphatic rings. The molecule has 1 aliphatic heterocycles. The van der Waals surface area contributed by atoms with Crippen LogP contribution in [0.5, 0.6) is 0 Å². The number of pyridine rings is 1. The van der Waals surface area contributed by atoms with E-state index in [2.05, 4.69) is 5.32 Å². The third-order valence-corrected chi connectivity index (χ3v) is 6.58. The third-order valence-electron chi connectivity index (χ3n) is 6.58. The van der Waals surface area contributed by atoms with E-state index in [1.165, 1.54) is 13.5 Å². The van der Waals surface area contributed by atoms with Crippen molar-refractivity contribution in [3.63, 3.8) is 0 Å². The summed E-state index contributed by atoms with van der Waals surface area (Å²) in [6.07, 6.45) is 6.48. The van der Waals surface area contributed by atoms with E-state index >= 15 is 0 Å². The molecule has 0 spiro atoms. The maximum Gasteiger partial charge on any atom is 0.263 e. The van der Waals surface area contributed by atoms with E-state index in [-0.39, 0.29) is 29.5 Å². The molecule has 1 aliphatic carbocycles. The Kier molecular flexibility index (Phi) is 7.05. The Morgan fingerprint density at radius 3 is 2.66 bits per heavy atom. The van der Waals surface area contributed by atoms with Crippen LogP contribution in [-0.4, -0.2) is 48.1 Å². The van der Waals surface area contributed by atoms with E-state index in [9.17, 15) is 14.4 Å². The molecule has 7 nitrogen and oxygen atoms in total. The third kappa shape index (κ3) is 4.93. The molecule has 170 valence electrons. The van der Waals surface area contributed by atoms with E-state index in [0.29, 0.717) is 44.9 Å². The minimum absolute atomic E-state index is 0.0255. The molecular formula is C25H31N3O4. The molecule has 1 aromatic heterocycles. The summed E-state index contributed by atoms with van der Waals surface area (Å²) < 4.78 is 6.63. The fourth-order valence-corrected chi connectivity index (χ4v) is 4.46. The highest BCUT2D eigenvalue weighted by atomic mass is 16.5. The van der Waals surface area contributed by atoms with Crippen molar-refractivity contribution in [2.75, 3.05) is 26.8 Å². The van der Waals surface area contributed by atoms with Gasteiger partial charge in [-0.05, 0) is 48.3 Å². The first-order valence-electron chi connectivity index (χ1n) is 11.4. The van der Waals surface area contributed by atoms with Crippen LogP contribution >= 0.6 is 0 Å². The molecule has 2 amide bonds. The maximum atomic E-state index is 13.4. The second-order valence-electron chi connectivity index (χ2n) is 8.75. The highest BCUT2D eigenvalue weighted by Gasteiger charge is 2.28. The van der Waals surface area contributed by atoms with Gasteiger partial charge in [0, 0.05) is 39.5 Å². The predicted octanol–water partition coefficient (Wildman–Crippen LogP) is 2.15.